The monoisotopic (exact) mass is 675 g/mol. The van der Waals surface area contributed by atoms with Crippen molar-refractivity contribution in [3.63, 3.8) is 0 Å². The second kappa shape index (κ2) is 11.9. The first-order valence-electron chi connectivity index (χ1n) is 16.6. The molecule has 51 heavy (non-hydrogen) atoms. The molecule has 0 aromatic heterocycles. The summed E-state index contributed by atoms with van der Waals surface area (Å²) in [5.74, 6) is -3.10. The highest BCUT2D eigenvalue weighted by atomic mass is 16.5. The summed E-state index contributed by atoms with van der Waals surface area (Å²) < 4.78 is 16.1. The van der Waals surface area contributed by atoms with Gasteiger partial charge in [0.1, 0.15) is 11.5 Å². The molecule has 1 heterocycles. The number of methoxy groups -OCH3 is 3. The smallest absolute Gasteiger partial charge is 0.339 e. The van der Waals surface area contributed by atoms with Crippen molar-refractivity contribution in [1.29, 1.82) is 0 Å². The lowest BCUT2D eigenvalue weighted by atomic mass is 9.59. The normalized spacial score (nSPS) is 23.4. The number of hydrogen-bond donors (Lipinski definition) is 0. The maximum absolute atomic E-state index is 16.1. The van der Waals surface area contributed by atoms with E-state index in [-0.39, 0.29) is 17.0 Å². The highest BCUT2D eigenvalue weighted by Crippen LogP contribution is 2.74. The number of carbonyl (C=O) groups excluding carboxylic acids is 4. The molecule has 1 saturated carbocycles. The number of anilines is 1. The number of Topliss-reactive ketones (excluding diaryl/α,β-unsaturated/α-hetero) is 1. The first-order chi connectivity index (χ1) is 24.8. The lowest BCUT2D eigenvalue weighted by molar-refractivity contribution is -0.130. The first-order valence-corrected chi connectivity index (χ1v) is 16.6. The van der Waals surface area contributed by atoms with Crippen LogP contribution in [0, 0.1) is 11.8 Å². The van der Waals surface area contributed by atoms with E-state index in [1.165, 1.54) is 13.2 Å². The van der Waals surface area contributed by atoms with E-state index in [1.807, 2.05) is 109 Å². The molecule has 0 N–H and O–H groups in total. The van der Waals surface area contributed by atoms with Crippen molar-refractivity contribution in [2.24, 2.45) is 11.8 Å². The summed E-state index contributed by atoms with van der Waals surface area (Å²) in [6.07, 6.45) is 0. The highest BCUT2D eigenvalue weighted by Gasteiger charge is 2.82. The van der Waals surface area contributed by atoms with Crippen molar-refractivity contribution in [2.75, 3.05) is 26.2 Å². The standard InChI is InChI=1S/C43H33NO7/c1-49-30-22-18-26(19-23-30)34-35(27-20-24-31(50-2)25-21-27)43(29-14-8-5-9-15-29)37-36(42(34,41(43)48)28-12-6-4-7-13-28)38(45)44(39(37)46)33-17-11-10-16-32(33)40(47)51-3/h4-25,36-37H,1-3H3/t36-,37-,42-,43-/m0/s1. The second-order valence-corrected chi connectivity index (χ2v) is 12.9. The van der Waals surface area contributed by atoms with Gasteiger partial charge in [-0.1, -0.05) is 97.1 Å². The molecule has 2 bridgehead atoms. The SMILES string of the molecule is COC(=O)c1ccccc1N1C(=O)[C@@H]2[C@@H](C1=O)[C@@]1(c3ccccc3)C(=O)[C@@]2(c2ccccc2)C(c2ccc(OC)cc2)=C1c1ccc(OC)cc1. The molecule has 1 aliphatic heterocycles. The Kier molecular flexibility index (Phi) is 7.49. The highest BCUT2D eigenvalue weighted by molar-refractivity contribution is 6.39. The predicted molar refractivity (Wildman–Crippen MR) is 191 cm³/mol. The maximum Gasteiger partial charge on any atom is 0.339 e. The number of benzene rings is 5. The van der Waals surface area contributed by atoms with Gasteiger partial charge in [0.05, 0.1) is 55.2 Å². The fraction of sp³-hybridized carbons (Fsp3) is 0.163. The third-order valence-corrected chi connectivity index (χ3v) is 10.8. The molecule has 0 radical (unpaired) electrons. The molecule has 3 aliphatic rings. The number of esters is 1. The molecule has 0 unspecified atom stereocenters. The Balaban J connectivity index is 1.53. The van der Waals surface area contributed by atoms with E-state index in [1.54, 1.807) is 32.4 Å². The zero-order chi connectivity index (χ0) is 35.5. The molecule has 2 amide bonds. The zero-order valence-electron chi connectivity index (χ0n) is 28.2. The number of hydrogen-bond acceptors (Lipinski definition) is 7. The van der Waals surface area contributed by atoms with Crippen LogP contribution >= 0.6 is 0 Å². The summed E-state index contributed by atoms with van der Waals surface area (Å²) in [7, 11) is 4.42. The number of carbonyl (C=O) groups is 4. The van der Waals surface area contributed by atoms with Gasteiger partial charge in [0.2, 0.25) is 11.8 Å². The summed E-state index contributed by atoms with van der Waals surface area (Å²) in [5, 5.41) is 0. The first kappa shape index (κ1) is 32.0. The van der Waals surface area contributed by atoms with Gasteiger partial charge in [-0.05, 0) is 69.8 Å². The van der Waals surface area contributed by atoms with Gasteiger partial charge in [0.15, 0.2) is 5.78 Å². The van der Waals surface area contributed by atoms with Crippen LogP contribution in [-0.2, 0) is 30.0 Å². The van der Waals surface area contributed by atoms with Crippen LogP contribution < -0.4 is 14.4 Å². The van der Waals surface area contributed by atoms with E-state index in [2.05, 4.69) is 0 Å². The van der Waals surface area contributed by atoms with Gasteiger partial charge in [0, 0.05) is 0 Å². The van der Waals surface area contributed by atoms with E-state index in [9.17, 15) is 4.79 Å². The molecule has 1 saturated heterocycles. The quantitative estimate of drug-likeness (QED) is 0.134. The van der Waals surface area contributed by atoms with Gasteiger partial charge in [-0.2, -0.15) is 0 Å². The third-order valence-electron chi connectivity index (χ3n) is 10.8. The van der Waals surface area contributed by atoms with Crippen LogP contribution in [0.2, 0.25) is 0 Å². The van der Waals surface area contributed by atoms with E-state index >= 15 is 14.4 Å². The number of ketones is 1. The predicted octanol–water partition coefficient (Wildman–Crippen LogP) is 6.68. The van der Waals surface area contributed by atoms with E-state index in [0.717, 1.165) is 4.90 Å². The lowest BCUT2D eigenvalue weighted by Gasteiger charge is -2.39. The van der Waals surface area contributed by atoms with Crippen molar-refractivity contribution < 1.29 is 33.4 Å². The van der Waals surface area contributed by atoms with Crippen LogP contribution in [-0.4, -0.2) is 44.9 Å². The summed E-state index contributed by atoms with van der Waals surface area (Å²) in [5.41, 5.74) is 0.878. The fourth-order valence-electron chi connectivity index (χ4n) is 8.83. The molecule has 8 rings (SSSR count). The van der Waals surface area contributed by atoms with E-state index in [0.29, 0.717) is 44.9 Å². The van der Waals surface area contributed by atoms with E-state index in [4.69, 9.17) is 14.2 Å². The molecule has 252 valence electrons. The summed E-state index contributed by atoms with van der Waals surface area (Å²) in [6, 6.07) is 39.9. The van der Waals surface area contributed by atoms with Gasteiger partial charge in [0.25, 0.3) is 0 Å². The molecule has 0 spiro atoms. The average Bonchev–Trinajstić information content (AvgIpc) is 3.70. The number of rotatable bonds is 8. The van der Waals surface area contributed by atoms with Crippen LogP contribution in [0.15, 0.2) is 133 Å². The Morgan fingerprint density at radius 2 is 0.961 bits per heavy atom. The Morgan fingerprint density at radius 1 is 0.549 bits per heavy atom. The van der Waals surface area contributed by atoms with Gasteiger partial charge in [-0.15, -0.1) is 0 Å². The summed E-state index contributed by atoms with van der Waals surface area (Å²) in [4.78, 5) is 60.8. The van der Waals surface area contributed by atoms with Crippen LogP contribution in [0.5, 0.6) is 11.5 Å². The third kappa shape index (κ3) is 4.19. The Hall–Kier alpha value is -6.28. The molecule has 2 fully saturated rings. The summed E-state index contributed by atoms with van der Waals surface area (Å²) >= 11 is 0. The molecule has 5 aromatic carbocycles. The minimum Gasteiger partial charge on any atom is -0.497 e. The maximum atomic E-state index is 16.1. The fourth-order valence-corrected chi connectivity index (χ4v) is 8.83. The number of nitrogens with zero attached hydrogens (tertiary/aromatic N) is 1. The molecular weight excluding hydrogens is 642 g/mol. The van der Waals surface area contributed by atoms with Crippen LogP contribution in [0.25, 0.3) is 11.1 Å². The van der Waals surface area contributed by atoms with Gasteiger partial charge < -0.3 is 14.2 Å². The topological polar surface area (TPSA) is 99.2 Å². The van der Waals surface area contributed by atoms with Crippen molar-refractivity contribution in [3.8, 4) is 11.5 Å². The molecule has 2 aliphatic carbocycles. The summed E-state index contributed by atoms with van der Waals surface area (Å²) in [6.45, 7) is 0. The molecular formula is C43H33NO7. The number of fused-ring (bicyclic) bond motifs is 5. The van der Waals surface area contributed by atoms with Gasteiger partial charge >= 0.3 is 5.97 Å². The van der Waals surface area contributed by atoms with Crippen molar-refractivity contribution in [3.05, 3.63) is 161 Å². The molecule has 4 atom stereocenters. The number of ether oxygens (including phenoxy) is 3. The second-order valence-electron chi connectivity index (χ2n) is 12.9. The van der Waals surface area contributed by atoms with Gasteiger partial charge in [-0.25, -0.2) is 9.69 Å². The van der Waals surface area contributed by atoms with Gasteiger partial charge in [-0.3, -0.25) is 14.4 Å². The zero-order valence-corrected chi connectivity index (χ0v) is 28.2. The van der Waals surface area contributed by atoms with Crippen LogP contribution in [0.4, 0.5) is 5.69 Å². The minimum absolute atomic E-state index is 0.0709. The van der Waals surface area contributed by atoms with Crippen LogP contribution in [0.3, 0.4) is 0 Å². The van der Waals surface area contributed by atoms with Crippen molar-refractivity contribution in [2.45, 2.75) is 10.8 Å². The largest absolute Gasteiger partial charge is 0.497 e. The Bertz CT molecular complexity index is 2120. The molecule has 8 heteroatoms. The minimum atomic E-state index is -1.60. The Labute approximate surface area is 294 Å². The molecule has 8 nitrogen and oxygen atoms in total. The number of allylic oxidation sites excluding steroid dienone is 2. The Morgan fingerprint density at radius 3 is 1.37 bits per heavy atom. The lowest BCUT2D eigenvalue weighted by Crippen LogP contribution is -2.46. The molecule has 5 aromatic rings. The number of imide groups is 1. The van der Waals surface area contributed by atoms with Crippen LogP contribution in [0.1, 0.15) is 32.6 Å². The van der Waals surface area contributed by atoms with Crippen molar-refractivity contribution >= 4 is 40.4 Å². The average molecular weight is 676 g/mol. The number of amides is 2. The van der Waals surface area contributed by atoms with E-state index < -0.39 is 40.4 Å². The van der Waals surface area contributed by atoms with Crippen molar-refractivity contribution in [1.82, 2.24) is 0 Å². The number of para-hydroxylation sites is 1.